The molecule has 120 valence electrons. The van der Waals surface area contributed by atoms with E-state index in [9.17, 15) is 4.79 Å². The highest BCUT2D eigenvalue weighted by atomic mass is 16.5. The second kappa shape index (κ2) is 6.80. The van der Waals surface area contributed by atoms with Crippen molar-refractivity contribution >= 4 is 5.91 Å². The molecule has 2 fully saturated rings. The number of fused-ring (bicyclic) bond motifs is 1. The zero-order chi connectivity index (χ0) is 15.5. The van der Waals surface area contributed by atoms with Gasteiger partial charge in [-0.05, 0) is 32.3 Å². The maximum Gasteiger partial charge on any atom is 0.220 e. The summed E-state index contributed by atoms with van der Waals surface area (Å²) in [6, 6.07) is 9.18. The van der Waals surface area contributed by atoms with Gasteiger partial charge >= 0.3 is 0 Å². The highest BCUT2D eigenvalue weighted by molar-refractivity contribution is 5.76. The Morgan fingerprint density at radius 3 is 2.86 bits per heavy atom. The lowest BCUT2D eigenvalue weighted by Crippen LogP contribution is -2.45. The fraction of sp³-hybridized carbons (Fsp3) is 0.611. The van der Waals surface area contributed by atoms with Crippen LogP contribution >= 0.6 is 0 Å². The largest absolute Gasteiger partial charge is 0.376 e. The molecule has 0 saturated carbocycles. The van der Waals surface area contributed by atoms with Crippen LogP contribution in [0.5, 0.6) is 0 Å². The molecule has 0 unspecified atom stereocenters. The Labute approximate surface area is 132 Å². The predicted octanol–water partition coefficient (Wildman–Crippen LogP) is 1.91. The molecule has 3 atom stereocenters. The number of hydrogen-bond donors (Lipinski definition) is 1. The smallest absolute Gasteiger partial charge is 0.220 e. The van der Waals surface area contributed by atoms with E-state index < -0.39 is 0 Å². The van der Waals surface area contributed by atoms with Crippen LogP contribution in [0.15, 0.2) is 24.3 Å². The predicted molar refractivity (Wildman–Crippen MR) is 86.8 cm³/mol. The summed E-state index contributed by atoms with van der Waals surface area (Å²) in [6.45, 7) is 6.95. The minimum absolute atomic E-state index is 0.166. The van der Waals surface area contributed by atoms with Gasteiger partial charge < -0.3 is 10.1 Å². The third-order valence-electron chi connectivity index (χ3n) is 4.72. The first-order chi connectivity index (χ1) is 10.6. The summed E-state index contributed by atoms with van der Waals surface area (Å²) in [5.41, 5.74) is 2.49. The zero-order valence-corrected chi connectivity index (χ0v) is 13.5. The average molecular weight is 302 g/mol. The van der Waals surface area contributed by atoms with Gasteiger partial charge in [-0.3, -0.25) is 9.69 Å². The first kappa shape index (κ1) is 15.5. The van der Waals surface area contributed by atoms with E-state index in [1.54, 1.807) is 0 Å². The molecular weight excluding hydrogens is 276 g/mol. The van der Waals surface area contributed by atoms with Crippen molar-refractivity contribution in [2.45, 2.75) is 51.3 Å². The van der Waals surface area contributed by atoms with Crippen LogP contribution in [0.1, 0.15) is 30.9 Å². The van der Waals surface area contributed by atoms with Gasteiger partial charge in [0, 0.05) is 31.6 Å². The van der Waals surface area contributed by atoms with E-state index in [-0.39, 0.29) is 11.9 Å². The van der Waals surface area contributed by atoms with E-state index in [0.717, 1.165) is 32.5 Å². The molecule has 1 aromatic carbocycles. The second-order valence-electron chi connectivity index (χ2n) is 6.74. The molecule has 1 aromatic rings. The molecule has 4 heteroatoms. The van der Waals surface area contributed by atoms with Crippen LogP contribution in [0.25, 0.3) is 0 Å². The number of aryl methyl sites for hydroxylation is 2. The van der Waals surface area contributed by atoms with E-state index in [1.165, 1.54) is 11.1 Å². The normalized spacial score (nSPS) is 28.4. The van der Waals surface area contributed by atoms with Gasteiger partial charge in [-0.2, -0.15) is 0 Å². The standard InChI is InChI=1S/C18H26N2O2/c1-13-3-5-15(6-4-13)7-8-18(21)19-16-9-17-12-22-14(2)10-20(17)11-16/h3-6,14,16-17H,7-12H2,1-2H3,(H,19,21)/t14-,16-,17-/m0/s1. The van der Waals surface area contributed by atoms with Crippen molar-refractivity contribution in [3.8, 4) is 0 Å². The summed E-state index contributed by atoms with van der Waals surface area (Å²) < 4.78 is 5.71. The first-order valence-electron chi connectivity index (χ1n) is 8.30. The molecule has 4 nitrogen and oxygen atoms in total. The van der Waals surface area contributed by atoms with Gasteiger partial charge in [-0.1, -0.05) is 29.8 Å². The molecule has 0 radical (unpaired) electrons. The number of ether oxygens (including phenoxy) is 1. The second-order valence-corrected chi connectivity index (χ2v) is 6.74. The van der Waals surface area contributed by atoms with Gasteiger partial charge in [0.25, 0.3) is 0 Å². The molecule has 2 saturated heterocycles. The van der Waals surface area contributed by atoms with Crippen LogP contribution < -0.4 is 5.32 Å². The topological polar surface area (TPSA) is 41.6 Å². The molecule has 0 aliphatic carbocycles. The number of carbonyl (C=O) groups is 1. The van der Waals surface area contributed by atoms with Crippen molar-refractivity contribution < 1.29 is 9.53 Å². The number of nitrogens with zero attached hydrogens (tertiary/aromatic N) is 1. The fourth-order valence-corrected chi connectivity index (χ4v) is 3.46. The van der Waals surface area contributed by atoms with Crippen molar-refractivity contribution in [3.05, 3.63) is 35.4 Å². The molecule has 1 N–H and O–H groups in total. The van der Waals surface area contributed by atoms with E-state index in [4.69, 9.17) is 4.74 Å². The van der Waals surface area contributed by atoms with Gasteiger partial charge in [0.1, 0.15) is 0 Å². The van der Waals surface area contributed by atoms with Gasteiger partial charge in [0.2, 0.25) is 5.91 Å². The Bertz CT molecular complexity index is 514. The van der Waals surface area contributed by atoms with Crippen molar-refractivity contribution in [1.29, 1.82) is 0 Å². The van der Waals surface area contributed by atoms with Crippen LogP contribution in [0.4, 0.5) is 0 Å². The minimum atomic E-state index is 0.166. The van der Waals surface area contributed by atoms with Crippen LogP contribution in [-0.2, 0) is 16.0 Å². The number of hydrogen-bond acceptors (Lipinski definition) is 3. The zero-order valence-electron chi connectivity index (χ0n) is 13.5. The van der Waals surface area contributed by atoms with Crippen LogP contribution in [0, 0.1) is 6.92 Å². The summed E-state index contributed by atoms with van der Waals surface area (Å²) in [7, 11) is 0. The van der Waals surface area contributed by atoms with Crippen molar-refractivity contribution in [2.75, 3.05) is 19.7 Å². The van der Waals surface area contributed by atoms with E-state index in [1.807, 2.05) is 0 Å². The summed E-state index contributed by atoms with van der Waals surface area (Å²) in [5, 5.41) is 3.20. The van der Waals surface area contributed by atoms with Crippen molar-refractivity contribution in [1.82, 2.24) is 10.2 Å². The monoisotopic (exact) mass is 302 g/mol. The first-order valence-corrected chi connectivity index (χ1v) is 8.30. The number of carbonyl (C=O) groups excluding carboxylic acids is 1. The highest BCUT2D eigenvalue weighted by Gasteiger charge is 2.36. The number of amides is 1. The molecule has 22 heavy (non-hydrogen) atoms. The SMILES string of the molecule is Cc1ccc(CCC(=O)N[C@H]2C[C@H]3CO[C@@H](C)CN3C2)cc1. The van der Waals surface area contributed by atoms with Gasteiger partial charge in [0.05, 0.1) is 12.7 Å². The highest BCUT2D eigenvalue weighted by Crippen LogP contribution is 2.23. The Morgan fingerprint density at radius 1 is 1.32 bits per heavy atom. The van der Waals surface area contributed by atoms with Gasteiger partial charge in [-0.15, -0.1) is 0 Å². The number of morpholine rings is 1. The van der Waals surface area contributed by atoms with Crippen LogP contribution in [0.2, 0.25) is 0 Å². The summed E-state index contributed by atoms with van der Waals surface area (Å²) in [4.78, 5) is 14.6. The molecule has 1 amide bonds. The minimum Gasteiger partial charge on any atom is -0.376 e. The number of rotatable bonds is 4. The Morgan fingerprint density at radius 2 is 2.09 bits per heavy atom. The molecule has 2 aliphatic heterocycles. The third kappa shape index (κ3) is 3.87. The lowest BCUT2D eigenvalue weighted by atomic mass is 10.1. The summed E-state index contributed by atoms with van der Waals surface area (Å²) in [5.74, 6) is 0.166. The van der Waals surface area contributed by atoms with E-state index in [2.05, 4.69) is 48.3 Å². The summed E-state index contributed by atoms with van der Waals surface area (Å²) in [6.07, 6.45) is 2.71. The van der Waals surface area contributed by atoms with Crippen LogP contribution in [-0.4, -0.2) is 48.7 Å². The average Bonchev–Trinajstić information content (AvgIpc) is 2.88. The number of benzene rings is 1. The molecule has 0 aromatic heterocycles. The fourth-order valence-electron chi connectivity index (χ4n) is 3.46. The molecule has 0 spiro atoms. The van der Waals surface area contributed by atoms with Crippen molar-refractivity contribution in [3.63, 3.8) is 0 Å². The van der Waals surface area contributed by atoms with Crippen molar-refractivity contribution in [2.24, 2.45) is 0 Å². The van der Waals surface area contributed by atoms with Gasteiger partial charge in [0.15, 0.2) is 0 Å². The van der Waals surface area contributed by atoms with Gasteiger partial charge in [-0.25, -0.2) is 0 Å². The molecule has 0 bridgehead atoms. The van der Waals surface area contributed by atoms with Crippen LogP contribution in [0.3, 0.4) is 0 Å². The lowest BCUT2D eigenvalue weighted by Gasteiger charge is -2.33. The summed E-state index contributed by atoms with van der Waals surface area (Å²) >= 11 is 0. The molecule has 2 heterocycles. The Kier molecular flexibility index (Phi) is 4.79. The molecule has 3 rings (SSSR count). The molecular formula is C18H26N2O2. The lowest BCUT2D eigenvalue weighted by molar-refractivity contribution is -0.121. The number of nitrogens with one attached hydrogen (secondary N) is 1. The Balaban J connectivity index is 1.43. The quantitative estimate of drug-likeness (QED) is 0.924. The molecule has 2 aliphatic rings. The third-order valence-corrected chi connectivity index (χ3v) is 4.72. The van der Waals surface area contributed by atoms with E-state index in [0.29, 0.717) is 18.6 Å². The maximum atomic E-state index is 12.1. The maximum absolute atomic E-state index is 12.1. The Hall–Kier alpha value is -1.39. The van der Waals surface area contributed by atoms with E-state index >= 15 is 0 Å².